The molecule has 0 spiro atoms. The molecule has 1 aromatic carbocycles. The van der Waals surface area contributed by atoms with Gasteiger partial charge in [-0.1, -0.05) is 17.7 Å². The summed E-state index contributed by atoms with van der Waals surface area (Å²) in [6.45, 7) is 3.93. The van der Waals surface area contributed by atoms with Gasteiger partial charge in [0.05, 0.1) is 5.69 Å². The van der Waals surface area contributed by atoms with Gasteiger partial charge in [0.15, 0.2) is 11.7 Å². The molecule has 0 fully saturated rings. The summed E-state index contributed by atoms with van der Waals surface area (Å²) in [6, 6.07) is 7.64. The Morgan fingerprint density at radius 1 is 1.41 bits per heavy atom. The first kappa shape index (κ1) is 15.0. The maximum absolute atomic E-state index is 12.0. The molecule has 22 heavy (non-hydrogen) atoms. The van der Waals surface area contributed by atoms with E-state index < -0.39 is 0 Å². The van der Waals surface area contributed by atoms with Crippen LogP contribution in [0.4, 0.5) is 5.13 Å². The lowest BCUT2D eigenvalue weighted by Crippen LogP contribution is -2.25. The molecule has 1 amide bonds. The van der Waals surface area contributed by atoms with Crippen molar-refractivity contribution in [3.63, 3.8) is 0 Å². The highest BCUT2D eigenvalue weighted by Crippen LogP contribution is 2.27. The normalized spacial score (nSPS) is 14.5. The molecule has 0 bridgehead atoms. The summed E-state index contributed by atoms with van der Waals surface area (Å²) in [7, 11) is 2.09. The van der Waals surface area contributed by atoms with E-state index in [-0.39, 0.29) is 12.5 Å². The Bertz CT molecular complexity index is 667. The molecule has 0 radical (unpaired) electrons. The van der Waals surface area contributed by atoms with Gasteiger partial charge in [-0.05, 0) is 26.1 Å². The number of nitrogens with one attached hydrogen (secondary N) is 1. The Balaban J connectivity index is 1.54. The van der Waals surface area contributed by atoms with Crippen molar-refractivity contribution in [3.05, 3.63) is 40.4 Å². The number of thiazole rings is 1. The van der Waals surface area contributed by atoms with Crippen LogP contribution in [0.15, 0.2) is 24.3 Å². The van der Waals surface area contributed by atoms with Crippen LogP contribution in [0, 0.1) is 6.92 Å². The van der Waals surface area contributed by atoms with Crippen LogP contribution >= 0.6 is 11.3 Å². The second-order valence-electron chi connectivity index (χ2n) is 5.53. The maximum Gasteiger partial charge on any atom is 0.264 e. The first-order chi connectivity index (χ1) is 10.6. The summed E-state index contributed by atoms with van der Waals surface area (Å²) < 4.78 is 5.47. The molecule has 1 aliphatic rings. The lowest BCUT2D eigenvalue weighted by molar-refractivity contribution is -0.118. The molecular formula is C16H19N3O2S. The maximum atomic E-state index is 12.0. The number of ether oxygens (including phenoxy) is 1. The van der Waals surface area contributed by atoms with Crippen LogP contribution in [0.3, 0.4) is 0 Å². The number of nitrogens with zero attached hydrogens (tertiary/aromatic N) is 2. The monoisotopic (exact) mass is 317 g/mol. The molecule has 0 atom stereocenters. The van der Waals surface area contributed by atoms with Gasteiger partial charge in [0.1, 0.15) is 5.75 Å². The lowest BCUT2D eigenvalue weighted by Gasteiger charge is -2.20. The SMILES string of the molecule is Cc1ccc(OCC(=O)Nc2nc3c(s2)CN(C)CC3)cc1. The van der Waals surface area contributed by atoms with Crippen LogP contribution in [0.1, 0.15) is 16.1 Å². The third-order valence-electron chi connectivity index (χ3n) is 3.56. The molecule has 0 unspecified atom stereocenters. The molecule has 0 aliphatic carbocycles. The lowest BCUT2D eigenvalue weighted by atomic mass is 10.2. The minimum Gasteiger partial charge on any atom is -0.484 e. The zero-order chi connectivity index (χ0) is 15.5. The van der Waals surface area contributed by atoms with Crippen molar-refractivity contribution in [2.45, 2.75) is 19.9 Å². The van der Waals surface area contributed by atoms with Crippen molar-refractivity contribution in [2.24, 2.45) is 0 Å². The highest BCUT2D eigenvalue weighted by Gasteiger charge is 2.19. The first-order valence-corrected chi connectivity index (χ1v) is 8.08. The van der Waals surface area contributed by atoms with E-state index in [2.05, 4.69) is 22.2 Å². The number of aryl methyl sites for hydroxylation is 1. The van der Waals surface area contributed by atoms with Gasteiger partial charge < -0.3 is 9.64 Å². The summed E-state index contributed by atoms with van der Waals surface area (Å²) in [6.07, 6.45) is 0.943. The van der Waals surface area contributed by atoms with Gasteiger partial charge in [-0.15, -0.1) is 11.3 Å². The van der Waals surface area contributed by atoms with Gasteiger partial charge in [-0.3, -0.25) is 10.1 Å². The predicted molar refractivity (Wildman–Crippen MR) is 87.5 cm³/mol. The number of aromatic nitrogens is 1. The van der Waals surface area contributed by atoms with Crippen molar-refractivity contribution < 1.29 is 9.53 Å². The van der Waals surface area contributed by atoms with Gasteiger partial charge in [0, 0.05) is 24.4 Å². The van der Waals surface area contributed by atoms with Crippen LogP contribution in [0.5, 0.6) is 5.75 Å². The predicted octanol–water partition coefficient (Wildman–Crippen LogP) is 2.46. The number of rotatable bonds is 4. The number of carbonyl (C=O) groups is 1. The van der Waals surface area contributed by atoms with E-state index in [0.29, 0.717) is 10.9 Å². The van der Waals surface area contributed by atoms with Gasteiger partial charge in [-0.25, -0.2) is 4.98 Å². The number of benzene rings is 1. The van der Waals surface area contributed by atoms with Crippen LogP contribution in [-0.2, 0) is 17.8 Å². The fraction of sp³-hybridized carbons (Fsp3) is 0.375. The molecular weight excluding hydrogens is 298 g/mol. The summed E-state index contributed by atoms with van der Waals surface area (Å²) in [5, 5.41) is 3.49. The van der Waals surface area contributed by atoms with E-state index in [1.165, 1.54) is 4.88 Å². The molecule has 2 aromatic rings. The number of hydrogen-bond donors (Lipinski definition) is 1. The molecule has 5 nitrogen and oxygen atoms in total. The van der Waals surface area contributed by atoms with E-state index in [4.69, 9.17) is 4.74 Å². The van der Waals surface area contributed by atoms with Gasteiger partial charge in [0.2, 0.25) is 0 Å². The number of carbonyl (C=O) groups excluding carboxylic acids is 1. The highest BCUT2D eigenvalue weighted by molar-refractivity contribution is 7.15. The smallest absolute Gasteiger partial charge is 0.264 e. The van der Waals surface area contributed by atoms with Gasteiger partial charge >= 0.3 is 0 Å². The molecule has 6 heteroatoms. The molecule has 116 valence electrons. The zero-order valence-electron chi connectivity index (χ0n) is 12.8. The Hall–Kier alpha value is -1.92. The number of amides is 1. The quantitative estimate of drug-likeness (QED) is 0.941. The molecule has 2 heterocycles. The second-order valence-corrected chi connectivity index (χ2v) is 6.61. The number of hydrogen-bond acceptors (Lipinski definition) is 5. The molecule has 3 rings (SSSR count). The number of anilines is 1. The van der Waals surface area contributed by atoms with Crippen LogP contribution in [-0.4, -0.2) is 36.0 Å². The highest BCUT2D eigenvalue weighted by atomic mass is 32.1. The average Bonchev–Trinajstić information content (AvgIpc) is 2.88. The van der Waals surface area contributed by atoms with Crippen LogP contribution < -0.4 is 10.1 Å². The van der Waals surface area contributed by atoms with E-state index in [9.17, 15) is 4.79 Å². The fourth-order valence-electron chi connectivity index (χ4n) is 2.32. The topological polar surface area (TPSA) is 54.5 Å². The molecule has 1 aromatic heterocycles. The van der Waals surface area contributed by atoms with E-state index >= 15 is 0 Å². The van der Waals surface area contributed by atoms with Crippen LogP contribution in [0.25, 0.3) is 0 Å². The van der Waals surface area contributed by atoms with Crippen LogP contribution in [0.2, 0.25) is 0 Å². The van der Waals surface area contributed by atoms with Crippen molar-refractivity contribution in [3.8, 4) is 5.75 Å². The van der Waals surface area contributed by atoms with Gasteiger partial charge in [-0.2, -0.15) is 0 Å². The average molecular weight is 317 g/mol. The molecule has 1 aliphatic heterocycles. The van der Waals surface area contributed by atoms with E-state index in [1.54, 1.807) is 11.3 Å². The van der Waals surface area contributed by atoms with E-state index in [0.717, 1.165) is 30.8 Å². The number of fused-ring (bicyclic) bond motifs is 1. The second kappa shape index (κ2) is 6.46. The number of likely N-dealkylation sites (N-methyl/N-ethyl adjacent to an activating group) is 1. The Kier molecular flexibility index (Phi) is 4.40. The van der Waals surface area contributed by atoms with Crippen molar-refractivity contribution in [1.82, 2.24) is 9.88 Å². The molecule has 0 saturated heterocycles. The van der Waals surface area contributed by atoms with E-state index in [1.807, 2.05) is 31.2 Å². The third kappa shape index (κ3) is 3.64. The van der Waals surface area contributed by atoms with Gasteiger partial charge in [0.25, 0.3) is 5.91 Å². The molecule has 0 saturated carbocycles. The third-order valence-corrected chi connectivity index (χ3v) is 4.56. The minimum atomic E-state index is -0.181. The van der Waals surface area contributed by atoms with Crippen molar-refractivity contribution in [1.29, 1.82) is 0 Å². The first-order valence-electron chi connectivity index (χ1n) is 7.26. The summed E-state index contributed by atoms with van der Waals surface area (Å²) in [5.41, 5.74) is 2.27. The largest absolute Gasteiger partial charge is 0.484 e. The standard InChI is InChI=1S/C16H19N3O2S/c1-11-3-5-12(6-4-11)21-10-15(20)18-16-17-13-7-8-19(2)9-14(13)22-16/h3-6H,7-10H2,1-2H3,(H,17,18,20). The summed E-state index contributed by atoms with van der Waals surface area (Å²) >= 11 is 1.55. The Morgan fingerprint density at radius 2 is 2.18 bits per heavy atom. The summed E-state index contributed by atoms with van der Waals surface area (Å²) in [5.74, 6) is 0.515. The Morgan fingerprint density at radius 3 is 2.95 bits per heavy atom. The summed E-state index contributed by atoms with van der Waals surface area (Å²) in [4.78, 5) is 19.9. The van der Waals surface area contributed by atoms with Crippen molar-refractivity contribution in [2.75, 3.05) is 25.5 Å². The minimum absolute atomic E-state index is 0.00674. The molecule has 1 N–H and O–H groups in total. The van der Waals surface area contributed by atoms with Crippen molar-refractivity contribution >= 4 is 22.4 Å². The Labute approximate surface area is 133 Å². The zero-order valence-corrected chi connectivity index (χ0v) is 13.6. The fourth-order valence-corrected chi connectivity index (χ4v) is 3.42.